The number of hydrogen-bond acceptors (Lipinski definition) is 4. The summed E-state index contributed by atoms with van der Waals surface area (Å²) in [5.41, 5.74) is 2.35. The van der Waals surface area contributed by atoms with Gasteiger partial charge in [-0.05, 0) is 37.6 Å². The molecule has 0 unspecified atom stereocenters. The Kier molecular flexibility index (Phi) is 4.44. The third-order valence-electron chi connectivity index (χ3n) is 3.43. The van der Waals surface area contributed by atoms with Gasteiger partial charge in [-0.25, -0.2) is 0 Å². The lowest BCUT2D eigenvalue weighted by molar-refractivity contribution is 0.145. The van der Waals surface area contributed by atoms with Gasteiger partial charge in [0.05, 0.1) is 18.9 Å². The van der Waals surface area contributed by atoms with E-state index < -0.39 is 0 Å². The molecule has 4 heteroatoms. The maximum Gasteiger partial charge on any atom is 0.142 e. The normalized spacial score (nSPS) is 16.9. The summed E-state index contributed by atoms with van der Waals surface area (Å²) >= 11 is 0. The van der Waals surface area contributed by atoms with Crippen LogP contribution in [0.3, 0.4) is 0 Å². The number of aliphatic hydroxyl groups is 1. The van der Waals surface area contributed by atoms with Gasteiger partial charge < -0.3 is 20.1 Å². The number of hydrogen-bond donors (Lipinski definition) is 2. The minimum atomic E-state index is -0.143. The molecule has 0 atom stereocenters. The fourth-order valence-corrected chi connectivity index (χ4v) is 2.40. The maximum atomic E-state index is 9.55. The molecule has 0 aliphatic carbocycles. The lowest BCUT2D eigenvalue weighted by Crippen LogP contribution is -2.36. The highest BCUT2D eigenvalue weighted by atomic mass is 16.5. The van der Waals surface area contributed by atoms with Gasteiger partial charge in [0.2, 0.25) is 0 Å². The number of nitrogens with zero attached hydrogens (tertiary/aromatic N) is 1. The Morgan fingerprint density at radius 2 is 2.11 bits per heavy atom. The molecule has 0 saturated carbocycles. The monoisotopic (exact) mass is 250 g/mol. The zero-order valence-corrected chi connectivity index (χ0v) is 11.1. The first-order chi connectivity index (χ1) is 8.74. The standard InChI is InChI=1S/C14H22N2O2/c1-15-10-11-3-4-13(14(9-11)18-2)16-7-5-12(17)6-8-16/h3-4,9,12,15,17H,5-8,10H2,1-2H3. The lowest BCUT2D eigenvalue weighted by Gasteiger charge is -2.32. The quantitative estimate of drug-likeness (QED) is 0.847. The molecular weight excluding hydrogens is 228 g/mol. The maximum absolute atomic E-state index is 9.55. The molecule has 1 fully saturated rings. The van der Waals surface area contributed by atoms with Gasteiger partial charge in [0, 0.05) is 19.6 Å². The zero-order valence-electron chi connectivity index (χ0n) is 11.1. The Hall–Kier alpha value is -1.26. The van der Waals surface area contributed by atoms with E-state index in [-0.39, 0.29) is 6.10 Å². The Labute approximate surface area is 109 Å². The van der Waals surface area contributed by atoms with Crippen LogP contribution in [-0.2, 0) is 6.54 Å². The number of rotatable bonds is 4. The molecule has 100 valence electrons. The molecule has 1 aromatic carbocycles. The van der Waals surface area contributed by atoms with Gasteiger partial charge in [-0.1, -0.05) is 6.07 Å². The van der Waals surface area contributed by atoms with Crippen LogP contribution in [0.4, 0.5) is 5.69 Å². The number of benzene rings is 1. The average Bonchev–Trinajstić information content (AvgIpc) is 2.40. The predicted molar refractivity (Wildman–Crippen MR) is 73.2 cm³/mol. The van der Waals surface area contributed by atoms with Crippen molar-refractivity contribution in [3.63, 3.8) is 0 Å². The third kappa shape index (κ3) is 2.94. The molecule has 2 rings (SSSR count). The summed E-state index contributed by atoms with van der Waals surface area (Å²) in [6, 6.07) is 6.32. The van der Waals surface area contributed by atoms with E-state index in [1.807, 2.05) is 7.05 Å². The van der Waals surface area contributed by atoms with Gasteiger partial charge in [-0.2, -0.15) is 0 Å². The number of ether oxygens (including phenoxy) is 1. The van der Waals surface area contributed by atoms with E-state index in [1.165, 1.54) is 5.56 Å². The van der Waals surface area contributed by atoms with Crippen LogP contribution in [0.1, 0.15) is 18.4 Å². The van der Waals surface area contributed by atoms with E-state index >= 15 is 0 Å². The van der Waals surface area contributed by atoms with Crippen molar-refractivity contribution in [3.8, 4) is 5.75 Å². The highest BCUT2D eigenvalue weighted by Gasteiger charge is 2.19. The molecule has 2 N–H and O–H groups in total. The Balaban J connectivity index is 2.16. The number of methoxy groups -OCH3 is 1. The number of nitrogens with one attached hydrogen (secondary N) is 1. The average molecular weight is 250 g/mol. The Morgan fingerprint density at radius 1 is 1.39 bits per heavy atom. The van der Waals surface area contributed by atoms with Crippen LogP contribution in [-0.4, -0.2) is 38.5 Å². The van der Waals surface area contributed by atoms with E-state index in [0.29, 0.717) is 0 Å². The summed E-state index contributed by atoms with van der Waals surface area (Å²) in [7, 11) is 3.65. The highest BCUT2D eigenvalue weighted by Crippen LogP contribution is 2.31. The molecule has 18 heavy (non-hydrogen) atoms. The summed E-state index contributed by atoms with van der Waals surface area (Å²) in [5.74, 6) is 0.916. The van der Waals surface area contributed by atoms with Crippen LogP contribution in [0.2, 0.25) is 0 Å². The van der Waals surface area contributed by atoms with Crippen LogP contribution in [0.5, 0.6) is 5.75 Å². The van der Waals surface area contributed by atoms with Crippen molar-refractivity contribution >= 4 is 5.69 Å². The first kappa shape index (κ1) is 13.2. The van der Waals surface area contributed by atoms with Crippen LogP contribution >= 0.6 is 0 Å². The van der Waals surface area contributed by atoms with Gasteiger partial charge in [0.25, 0.3) is 0 Å². The molecule has 1 heterocycles. The van der Waals surface area contributed by atoms with Crippen molar-refractivity contribution < 1.29 is 9.84 Å². The van der Waals surface area contributed by atoms with Crippen molar-refractivity contribution in [2.75, 3.05) is 32.1 Å². The van der Waals surface area contributed by atoms with Gasteiger partial charge in [0.15, 0.2) is 0 Å². The summed E-state index contributed by atoms with van der Waals surface area (Å²) in [5, 5.41) is 12.7. The molecule has 4 nitrogen and oxygen atoms in total. The predicted octanol–water partition coefficient (Wildman–Crippen LogP) is 1.38. The molecule has 0 amide bonds. The SMILES string of the molecule is CNCc1ccc(N2CCC(O)CC2)c(OC)c1. The van der Waals surface area contributed by atoms with Crippen molar-refractivity contribution in [2.24, 2.45) is 0 Å². The molecule has 0 aromatic heterocycles. The van der Waals surface area contributed by atoms with E-state index in [9.17, 15) is 5.11 Å². The molecule has 1 aliphatic heterocycles. The zero-order chi connectivity index (χ0) is 13.0. The summed E-state index contributed by atoms with van der Waals surface area (Å²) in [4.78, 5) is 2.29. The van der Waals surface area contributed by atoms with E-state index in [2.05, 4.69) is 28.4 Å². The first-order valence-corrected chi connectivity index (χ1v) is 6.49. The molecule has 1 aromatic rings. The van der Waals surface area contributed by atoms with Crippen molar-refractivity contribution in [2.45, 2.75) is 25.5 Å². The summed E-state index contributed by atoms with van der Waals surface area (Å²) in [6.07, 6.45) is 1.53. The van der Waals surface area contributed by atoms with Crippen molar-refractivity contribution in [3.05, 3.63) is 23.8 Å². The van der Waals surface area contributed by atoms with Crippen LogP contribution in [0, 0.1) is 0 Å². The second kappa shape index (κ2) is 6.07. The molecule has 1 aliphatic rings. The molecular formula is C14H22N2O2. The van der Waals surface area contributed by atoms with E-state index in [4.69, 9.17) is 4.74 Å². The fourth-order valence-electron chi connectivity index (χ4n) is 2.40. The minimum absolute atomic E-state index is 0.143. The van der Waals surface area contributed by atoms with E-state index in [1.54, 1.807) is 7.11 Å². The largest absolute Gasteiger partial charge is 0.495 e. The Morgan fingerprint density at radius 3 is 2.72 bits per heavy atom. The fraction of sp³-hybridized carbons (Fsp3) is 0.571. The number of aliphatic hydroxyl groups excluding tert-OH is 1. The molecule has 0 radical (unpaired) electrons. The summed E-state index contributed by atoms with van der Waals surface area (Å²) < 4.78 is 5.48. The second-order valence-electron chi connectivity index (χ2n) is 4.75. The lowest BCUT2D eigenvalue weighted by atomic mass is 10.1. The van der Waals surface area contributed by atoms with Gasteiger partial charge in [0.1, 0.15) is 5.75 Å². The third-order valence-corrected chi connectivity index (χ3v) is 3.43. The van der Waals surface area contributed by atoms with Gasteiger partial charge >= 0.3 is 0 Å². The van der Waals surface area contributed by atoms with Gasteiger partial charge in [-0.15, -0.1) is 0 Å². The van der Waals surface area contributed by atoms with E-state index in [0.717, 1.165) is 43.9 Å². The molecule has 1 saturated heterocycles. The topological polar surface area (TPSA) is 44.7 Å². The first-order valence-electron chi connectivity index (χ1n) is 6.49. The van der Waals surface area contributed by atoms with Gasteiger partial charge in [-0.3, -0.25) is 0 Å². The van der Waals surface area contributed by atoms with Crippen LogP contribution in [0.25, 0.3) is 0 Å². The highest BCUT2D eigenvalue weighted by molar-refractivity contribution is 5.60. The summed E-state index contributed by atoms with van der Waals surface area (Å²) in [6.45, 7) is 2.63. The number of piperidine rings is 1. The van der Waals surface area contributed by atoms with Crippen LogP contribution in [0.15, 0.2) is 18.2 Å². The molecule has 0 spiro atoms. The smallest absolute Gasteiger partial charge is 0.142 e. The Bertz CT molecular complexity index is 387. The van der Waals surface area contributed by atoms with Crippen molar-refractivity contribution in [1.82, 2.24) is 5.32 Å². The second-order valence-corrected chi connectivity index (χ2v) is 4.75. The number of anilines is 1. The van der Waals surface area contributed by atoms with Crippen molar-refractivity contribution in [1.29, 1.82) is 0 Å². The molecule has 0 bridgehead atoms. The minimum Gasteiger partial charge on any atom is -0.495 e. The van der Waals surface area contributed by atoms with Crippen LogP contribution < -0.4 is 15.0 Å².